The van der Waals surface area contributed by atoms with Crippen molar-refractivity contribution < 1.29 is 4.79 Å². The van der Waals surface area contributed by atoms with E-state index in [1.165, 1.54) is 11.8 Å². The molecule has 2 N–H and O–H groups in total. The van der Waals surface area contributed by atoms with Crippen LogP contribution in [0.5, 0.6) is 0 Å². The smallest absolute Gasteiger partial charge is 0.344 e. The summed E-state index contributed by atoms with van der Waals surface area (Å²) in [4.78, 5) is 23.2. The van der Waals surface area contributed by atoms with Crippen molar-refractivity contribution in [1.29, 1.82) is 0 Å². The third-order valence-electron chi connectivity index (χ3n) is 2.96. The first kappa shape index (κ1) is 14.2. The molecule has 7 heteroatoms. The summed E-state index contributed by atoms with van der Waals surface area (Å²) in [6, 6.07) is 0.276. The van der Waals surface area contributed by atoms with E-state index in [9.17, 15) is 9.59 Å². The number of hydrogen-bond donors (Lipinski definition) is 2. The Hall–Kier alpha value is -1.24. The van der Waals surface area contributed by atoms with Crippen molar-refractivity contribution in [2.24, 2.45) is 5.92 Å². The van der Waals surface area contributed by atoms with E-state index in [4.69, 9.17) is 0 Å². The molecule has 1 heterocycles. The molecule has 1 fully saturated rings. The largest absolute Gasteiger partial charge is 0.355 e. The minimum atomic E-state index is -0.176. The van der Waals surface area contributed by atoms with Crippen molar-refractivity contribution in [2.45, 2.75) is 44.3 Å². The molecular weight excluding hydrogens is 264 g/mol. The normalized spacial score (nSPS) is 14.9. The van der Waals surface area contributed by atoms with Gasteiger partial charge >= 0.3 is 5.69 Å². The van der Waals surface area contributed by atoms with Gasteiger partial charge in [-0.1, -0.05) is 25.6 Å². The SMILES string of the molecule is CC(C)CCNC(=O)CSc1n[nH]c(=O)n1C1CC1. The number of nitrogens with zero attached hydrogens (tertiary/aromatic N) is 2. The van der Waals surface area contributed by atoms with Gasteiger partial charge in [0.25, 0.3) is 0 Å². The highest BCUT2D eigenvalue weighted by Crippen LogP contribution is 2.35. The van der Waals surface area contributed by atoms with Gasteiger partial charge in [-0.25, -0.2) is 9.89 Å². The molecule has 6 nitrogen and oxygen atoms in total. The monoisotopic (exact) mass is 284 g/mol. The number of thioether (sulfide) groups is 1. The highest BCUT2D eigenvalue weighted by Gasteiger charge is 2.28. The van der Waals surface area contributed by atoms with Gasteiger partial charge in [0.2, 0.25) is 5.91 Å². The summed E-state index contributed by atoms with van der Waals surface area (Å²) >= 11 is 1.31. The maximum Gasteiger partial charge on any atom is 0.344 e. The maximum absolute atomic E-state index is 11.6. The number of nitrogens with one attached hydrogen (secondary N) is 2. The molecule has 0 unspecified atom stereocenters. The first-order valence-electron chi connectivity index (χ1n) is 6.64. The summed E-state index contributed by atoms with van der Waals surface area (Å²) in [5, 5.41) is 9.90. The van der Waals surface area contributed by atoms with Gasteiger partial charge in [-0.15, -0.1) is 5.10 Å². The van der Waals surface area contributed by atoms with Crippen molar-refractivity contribution in [3.8, 4) is 0 Å². The van der Waals surface area contributed by atoms with Crippen LogP contribution in [0.25, 0.3) is 0 Å². The van der Waals surface area contributed by atoms with Crippen LogP contribution in [0.2, 0.25) is 0 Å². The van der Waals surface area contributed by atoms with Crippen LogP contribution in [0.1, 0.15) is 39.2 Å². The first-order valence-corrected chi connectivity index (χ1v) is 7.63. The van der Waals surface area contributed by atoms with E-state index in [-0.39, 0.29) is 17.6 Å². The Morgan fingerprint density at radius 3 is 2.95 bits per heavy atom. The van der Waals surface area contributed by atoms with Gasteiger partial charge in [0.15, 0.2) is 5.16 Å². The van der Waals surface area contributed by atoms with Gasteiger partial charge < -0.3 is 5.32 Å². The van der Waals surface area contributed by atoms with Crippen molar-refractivity contribution in [3.05, 3.63) is 10.5 Å². The Morgan fingerprint density at radius 1 is 1.58 bits per heavy atom. The standard InChI is InChI=1S/C12H20N4O2S/c1-8(2)5-6-13-10(17)7-19-12-15-14-11(18)16(12)9-3-4-9/h8-9H,3-7H2,1-2H3,(H,13,17)(H,14,18). The zero-order valence-electron chi connectivity index (χ0n) is 11.3. The lowest BCUT2D eigenvalue weighted by Gasteiger charge is -2.07. The van der Waals surface area contributed by atoms with E-state index >= 15 is 0 Å². The number of aromatic amines is 1. The summed E-state index contributed by atoms with van der Waals surface area (Å²) in [7, 11) is 0. The second-order valence-corrected chi connectivity index (χ2v) is 6.18. The molecule has 0 saturated heterocycles. The predicted molar refractivity (Wildman–Crippen MR) is 74.3 cm³/mol. The van der Waals surface area contributed by atoms with Crippen LogP contribution in [0.4, 0.5) is 0 Å². The van der Waals surface area contributed by atoms with Gasteiger partial charge in [0.1, 0.15) is 0 Å². The number of carbonyl (C=O) groups is 1. The summed E-state index contributed by atoms with van der Waals surface area (Å²) in [5.74, 6) is 0.873. The number of hydrogen-bond acceptors (Lipinski definition) is 4. The van der Waals surface area contributed by atoms with Crippen LogP contribution in [0.15, 0.2) is 9.95 Å². The minimum absolute atomic E-state index is 0.0107. The molecule has 0 bridgehead atoms. The van der Waals surface area contributed by atoms with Crippen molar-refractivity contribution in [1.82, 2.24) is 20.1 Å². The average molecular weight is 284 g/mol. The van der Waals surface area contributed by atoms with Gasteiger partial charge in [-0.3, -0.25) is 9.36 Å². The fourth-order valence-corrected chi connectivity index (χ4v) is 2.57. The zero-order valence-corrected chi connectivity index (χ0v) is 12.1. The highest BCUT2D eigenvalue weighted by atomic mass is 32.2. The molecule has 0 radical (unpaired) electrons. The second kappa shape index (κ2) is 6.27. The van der Waals surface area contributed by atoms with Crippen molar-refractivity contribution in [2.75, 3.05) is 12.3 Å². The predicted octanol–water partition coefficient (Wildman–Crippen LogP) is 1.16. The van der Waals surface area contributed by atoms with Crippen LogP contribution < -0.4 is 11.0 Å². The van der Waals surface area contributed by atoms with Crippen molar-refractivity contribution >= 4 is 17.7 Å². The molecule has 1 aromatic rings. The molecule has 1 aromatic heterocycles. The molecule has 0 atom stereocenters. The summed E-state index contributed by atoms with van der Waals surface area (Å²) < 4.78 is 1.66. The Balaban J connectivity index is 1.79. The average Bonchev–Trinajstić information content (AvgIpc) is 3.11. The Labute approximate surface area is 116 Å². The molecule has 0 aliphatic heterocycles. The molecular formula is C12H20N4O2S. The van der Waals surface area contributed by atoms with Crippen molar-refractivity contribution in [3.63, 3.8) is 0 Å². The maximum atomic E-state index is 11.6. The van der Waals surface area contributed by atoms with Gasteiger partial charge in [-0.05, 0) is 25.2 Å². The third kappa shape index (κ3) is 4.12. The minimum Gasteiger partial charge on any atom is -0.355 e. The lowest BCUT2D eigenvalue weighted by Crippen LogP contribution is -2.27. The van der Waals surface area contributed by atoms with E-state index in [2.05, 4.69) is 29.4 Å². The number of carbonyl (C=O) groups excluding carboxylic acids is 1. The fraction of sp³-hybridized carbons (Fsp3) is 0.750. The lowest BCUT2D eigenvalue weighted by atomic mass is 10.1. The topological polar surface area (TPSA) is 79.8 Å². The molecule has 1 aliphatic rings. The summed E-state index contributed by atoms with van der Waals surface area (Å²) in [6.45, 7) is 4.95. The van der Waals surface area contributed by atoms with E-state index in [1.807, 2.05) is 0 Å². The summed E-state index contributed by atoms with van der Waals surface area (Å²) in [5.41, 5.74) is -0.176. The molecule has 19 heavy (non-hydrogen) atoms. The molecule has 2 rings (SSSR count). The summed E-state index contributed by atoms with van der Waals surface area (Å²) in [6.07, 6.45) is 3.02. The molecule has 1 saturated carbocycles. The highest BCUT2D eigenvalue weighted by molar-refractivity contribution is 7.99. The van der Waals surface area contributed by atoms with E-state index < -0.39 is 0 Å². The zero-order chi connectivity index (χ0) is 13.8. The first-order chi connectivity index (χ1) is 9.08. The van der Waals surface area contributed by atoms with Gasteiger partial charge in [0.05, 0.1) is 5.75 Å². The van der Waals surface area contributed by atoms with Crippen LogP contribution in [0, 0.1) is 5.92 Å². The quantitative estimate of drug-likeness (QED) is 0.736. The lowest BCUT2D eigenvalue weighted by molar-refractivity contribution is -0.118. The number of aromatic nitrogens is 3. The second-order valence-electron chi connectivity index (χ2n) is 5.23. The molecule has 0 spiro atoms. The molecule has 106 valence electrons. The van der Waals surface area contributed by atoms with E-state index in [0.717, 1.165) is 19.3 Å². The van der Waals surface area contributed by atoms with E-state index in [0.29, 0.717) is 23.4 Å². The van der Waals surface area contributed by atoms with Crippen LogP contribution in [-0.4, -0.2) is 33.0 Å². The van der Waals surface area contributed by atoms with Crippen LogP contribution in [0.3, 0.4) is 0 Å². The van der Waals surface area contributed by atoms with Gasteiger partial charge in [-0.2, -0.15) is 0 Å². The Kier molecular flexibility index (Phi) is 4.68. The third-order valence-corrected chi connectivity index (χ3v) is 3.91. The number of H-pyrrole nitrogens is 1. The molecule has 1 amide bonds. The number of amides is 1. The van der Waals surface area contributed by atoms with Crippen LogP contribution in [-0.2, 0) is 4.79 Å². The molecule has 1 aliphatic carbocycles. The fourth-order valence-electron chi connectivity index (χ4n) is 1.73. The molecule has 0 aromatic carbocycles. The number of rotatable bonds is 7. The van der Waals surface area contributed by atoms with Crippen LogP contribution >= 0.6 is 11.8 Å². The Morgan fingerprint density at radius 2 is 2.32 bits per heavy atom. The van der Waals surface area contributed by atoms with Gasteiger partial charge in [0, 0.05) is 12.6 Å². The van der Waals surface area contributed by atoms with E-state index in [1.54, 1.807) is 4.57 Å². The Bertz CT molecular complexity index is 490.